The number of esters is 1. The van der Waals surface area contributed by atoms with Crippen molar-refractivity contribution in [2.24, 2.45) is 0 Å². The number of benzene rings is 3. The molecule has 30 heavy (non-hydrogen) atoms. The standard InChI is InChI=1S/C26H27NO3/c1-18-14-15-19(2)23(16-18)27-26(29)25(22-12-8-5-9-13-22)30-24(28)17-20(3)21-10-6-4-7-11-21/h4-16,20,25H,17H2,1-3H3,(H,27,29)/t20-,25-/m0/s1. The van der Waals surface area contributed by atoms with Gasteiger partial charge in [-0.3, -0.25) is 9.59 Å². The quantitative estimate of drug-likeness (QED) is 0.515. The molecule has 0 heterocycles. The molecule has 0 fully saturated rings. The van der Waals surface area contributed by atoms with Gasteiger partial charge in [-0.2, -0.15) is 0 Å². The fourth-order valence-corrected chi connectivity index (χ4v) is 3.30. The molecule has 3 aromatic rings. The number of rotatable bonds is 7. The number of hydrogen-bond donors (Lipinski definition) is 1. The zero-order valence-corrected chi connectivity index (χ0v) is 17.6. The summed E-state index contributed by atoms with van der Waals surface area (Å²) < 4.78 is 5.68. The molecule has 2 atom stereocenters. The van der Waals surface area contributed by atoms with Crippen molar-refractivity contribution in [3.8, 4) is 0 Å². The number of anilines is 1. The Morgan fingerprint density at radius 2 is 1.47 bits per heavy atom. The third kappa shape index (κ3) is 5.57. The summed E-state index contributed by atoms with van der Waals surface area (Å²) in [6, 6.07) is 24.8. The normalized spacial score (nSPS) is 12.6. The Hall–Kier alpha value is -3.40. The molecule has 0 saturated heterocycles. The summed E-state index contributed by atoms with van der Waals surface area (Å²) in [5.41, 5.74) is 4.41. The van der Waals surface area contributed by atoms with Gasteiger partial charge in [-0.05, 0) is 42.5 Å². The summed E-state index contributed by atoms with van der Waals surface area (Å²) in [7, 11) is 0. The zero-order valence-electron chi connectivity index (χ0n) is 17.6. The maximum absolute atomic E-state index is 13.1. The molecular weight excluding hydrogens is 374 g/mol. The fourth-order valence-electron chi connectivity index (χ4n) is 3.30. The van der Waals surface area contributed by atoms with Crippen LogP contribution in [0.2, 0.25) is 0 Å². The minimum absolute atomic E-state index is 0.00259. The predicted molar refractivity (Wildman–Crippen MR) is 119 cm³/mol. The number of hydrogen-bond acceptors (Lipinski definition) is 3. The second kappa shape index (κ2) is 9.88. The Kier molecular flexibility index (Phi) is 7.02. The second-order valence-electron chi connectivity index (χ2n) is 7.60. The Morgan fingerprint density at radius 3 is 2.10 bits per heavy atom. The van der Waals surface area contributed by atoms with Gasteiger partial charge in [0.05, 0.1) is 6.42 Å². The number of amides is 1. The number of nitrogens with one attached hydrogen (secondary N) is 1. The van der Waals surface area contributed by atoms with E-state index in [0.29, 0.717) is 5.56 Å². The Morgan fingerprint density at radius 1 is 0.867 bits per heavy atom. The lowest BCUT2D eigenvalue weighted by molar-refractivity contribution is -0.155. The monoisotopic (exact) mass is 401 g/mol. The summed E-state index contributed by atoms with van der Waals surface area (Å²) in [6.07, 6.45) is -0.814. The van der Waals surface area contributed by atoms with Gasteiger partial charge in [-0.15, -0.1) is 0 Å². The Labute approximate surface area is 177 Å². The van der Waals surface area contributed by atoms with Crippen LogP contribution in [0.4, 0.5) is 5.69 Å². The van der Waals surface area contributed by atoms with Crippen LogP contribution in [0.3, 0.4) is 0 Å². The van der Waals surface area contributed by atoms with E-state index in [4.69, 9.17) is 4.74 Å². The van der Waals surface area contributed by atoms with Crippen molar-refractivity contribution >= 4 is 17.6 Å². The molecule has 4 heteroatoms. The van der Waals surface area contributed by atoms with Gasteiger partial charge >= 0.3 is 5.97 Å². The van der Waals surface area contributed by atoms with Crippen molar-refractivity contribution in [3.63, 3.8) is 0 Å². The van der Waals surface area contributed by atoms with Crippen LogP contribution in [-0.4, -0.2) is 11.9 Å². The highest BCUT2D eigenvalue weighted by molar-refractivity contribution is 5.96. The molecule has 0 unspecified atom stereocenters. The van der Waals surface area contributed by atoms with Crippen LogP contribution < -0.4 is 5.32 Å². The van der Waals surface area contributed by atoms with Gasteiger partial charge in [-0.1, -0.05) is 79.7 Å². The first-order chi connectivity index (χ1) is 14.4. The molecule has 0 spiro atoms. The lowest BCUT2D eigenvalue weighted by Crippen LogP contribution is -2.26. The van der Waals surface area contributed by atoms with E-state index in [9.17, 15) is 9.59 Å². The van der Waals surface area contributed by atoms with E-state index >= 15 is 0 Å². The highest BCUT2D eigenvalue weighted by atomic mass is 16.5. The van der Waals surface area contributed by atoms with Crippen LogP contribution in [-0.2, 0) is 14.3 Å². The Bertz CT molecular complexity index is 999. The molecular formula is C26H27NO3. The van der Waals surface area contributed by atoms with E-state index in [1.165, 1.54) is 0 Å². The molecule has 0 aliphatic carbocycles. The van der Waals surface area contributed by atoms with Crippen LogP contribution in [0.25, 0.3) is 0 Å². The van der Waals surface area contributed by atoms with Gasteiger partial charge in [-0.25, -0.2) is 0 Å². The van der Waals surface area contributed by atoms with Gasteiger partial charge in [0.1, 0.15) is 0 Å². The van der Waals surface area contributed by atoms with Crippen molar-refractivity contribution in [1.29, 1.82) is 0 Å². The molecule has 0 saturated carbocycles. The van der Waals surface area contributed by atoms with E-state index < -0.39 is 12.1 Å². The lowest BCUT2D eigenvalue weighted by atomic mass is 9.98. The van der Waals surface area contributed by atoms with E-state index in [-0.39, 0.29) is 18.2 Å². The van der Waals surface area contributed by atoms with Crippen molar-refractivity contribution in [3.05, 3.63) is 101 Å². The minimum atomic E-state index is -1.01. The summed E-state index contributed by atoms with van der Waals surface area (Å²) in [6.45, 7) is 5.87. The summed E-state index contributed by atoms with van der Waals surface area (Å²) in [5, 5.41) is 2.92. The topological polar surface area (TPSA) is 55.4 Å². The summed E-state index contributed by atoms with van der Waals surface area (Å²) in [5.74, 6) is -0.774. The number of carbonyl (C=O) groups is 2. The van der Waals surface area contributed by atoms with Gasteiger partial charge in [0.25, 0.3) is 5.91 Å². The van der Waals surface area contributed by atoms with E-state index in [2.05, 4.69) is 5.32 Å². The van der Waals surface area contributed by atoms with Crippen LogP contribution in [0, 0.1) is 13.8 Å². The number of ether oxygens (including phenoxy) is 1. The molecule has 4 nitrogen and oxygen atoms in total. The van der Waals surface area contributed by atoms with Crippen molar-refractivity contribution < 1.29 is 14.3 Å². The van der Waals surface area contributed by atoms with Crippen LogP contribution in [0.15, 0.2) is 78.9 Å². The van der Waals surface area contributed by atoms with Gasteiger partial charge < -0.3 is 10.1 Å². The molecule has 3 rings (SSSR count). The maximum atomic E-state index is 13.1. The second-order valence-corrected chi connectivity index (χ2v) is 7.60. The number of aryl methyl sites for hydroxylation is 2. The SMILES string of the molecule is Cc1ccc(C)c(NC(=O)[C@@H](OC(=O)C[C@H](C)c2ccccc2)c2ccccc2)c1. The first-order valence-electron chi connectivity index (χ1n) is 10.1. The molecule has 3 aromatic carbocycles. The molecule has 0 bridgehead atoms. The largest absolute Gasteiger partial charge is 0.447 e. The molecule has 0 aliphatic heterocycles. The molecule has 154 valence electrons. The van der Waals surface area contributed by atoms with Crippen LogP contribution in [0.1, 0.15) is 47.6 Å². The maximum Gasteiger partial charge on any atom is 0.307 e. The van der Waals surface area contributed by atoms with E-state index in [0.717, 1.165) is 22.4 Å². The summed E-state index contributed by atoms with van der Waals surface area (Å²) in [4.78, 5) is 25.8. The average Bonchev–Trinajstić information content (AvgIpc) is 2.75. The fraction of sp³-hybridized carbons (Fsp3) is 0.231. The van der Waals surface area contributed by atoms with E-state index in [1.54, 1.807) is 12.1 Å². The molecule has 1 amide bonds. The average molecular weight is 402 g/mol. The minimum Gasteiger partial charge on any atom is -0.447 e. The van der Waals surface area contributed by atoms with Crippen molar-refractivity contribution in [2.45, 2.75) is 39.2 Å². The van der Waals surface area contributed by atoms with Crippen molar-refractivity contribution in [1.82, 2.24) is 0 Å². The molecule has 0 radical (unpaired) electrons. The van der Waals surface area contributed by atoms with Crippen LogP contribution >= 0.6 is 0 Å². The highest BCUT2D eigenvalue weighted by Gasteiger charge is 2.26. The first-order valence-corrected chi connectivity index (χ1v) is 10.1. The highest BCUT2D eigenvalue weighted by Crippen LogP contribution is 2.25. The molecule has 0 aromatic heterocycles. The number of carbonyl (C=O) groups excluding carboxylic acids is 2. The third-order valence-corrected chi connectivity index (χ3v) is 5.08. The Balaban J connectivity index is 1.76. The molecule has 1 N–H and O–H groups in total. The van der Waals surface area contributed by atoms with Crippen LogP contribution in [0.5, 0.6) is 0 Å². The smallest absolute Gasteiger partial charge is 0.307 e. The zero-order chi connectivity index (χ0) is 21.5. The lowest BCUT2D eigenvalue weighted by Gasteiger charge is -2.20. The van der Waals surface area contributed by atoms with Crippen molar-refractivity contribution in [2.75, 3.05) is 5.32 Å². The van der Waals surface area contributed by atoms with Gasteiger partial charge in [0, 0.05) is 11.3 Å². The van der Waals surface area contributed by atoms with E-state index in [1.807, 2.05) is 87.5 Å². The molecule has 0 aliphatic rings. The summed E-state index contributed by atoms with van der Waals surface area (Å²) >= 11 is 0. The first kappa shape index (κ1) is 21.3. The predicted octanol–water partition coefficient (Wildman–Crippen LogP) is 5.72. The van der Waals surface area contributed by atoms with Gasteiger partial charge in [0.2, 0.25) is 6.10 Å². The third-order valence-electron chi connectivity index (χ3n) is 5.08. The van der Waals surface area contributed by atoms with Gasteiger partial charge in [0.15, 0.2) is 0 Å².